The topological polar surface area (TPSA) is 107 Å². The van der Waals surface area contributed by atoms with Crippen molar-refractivity contribution in [3.8, 4) is 23.0 Å². The van der Waals surface area contributed by atoms with Gasteiger partial charge in [-0.3, -0.25) is 14.5 Å². The van der Waals surface area contributed by atoms with Gasteiger partial charge in [-0.05, 0) is 42.3 Å². The number of hydrogen-bond donors (Lipinski definition) is 1. The van der Waals surface area contributed by atoms with Gasteiger partial charge in [-0.15, -0.1) is 0 Å². The van der Waals surface area contributed by atoms with E-state index in [-0.39, 0.29) is 11.3 Å². The third-order valence-corrected chi connectivity index (χ3v) is 7.38. The molecule has 0 bridgehead atoms. The molecule has 10 heteroatoms. The number of unbranched alkanes of at least 4 members (excludes halogenated alkanes) is 1. The van der Waals surface area contributed by atoms with Crippen molar-refractivity contribution in [1.29, 1.82) is 0 Å². The third kappa shape index (κ3) is 5.73. The van der Waals surface area contributed by atoms with Crippen LogP contribution in [0.25, 0.3) is 5.76 Å². The Kier molecular flexibility index (Phi) is 8.76. The summed E-state index contributed by atoms with van der Waals surface area (Å²) in [6.07, 6.45) is 1.90. The minimum atomic E-state index is -0.812. The number of nitrogens with zero attached hydrogens (tertiary/aromatic N) is 2. The molecule has 5 rings (SSSR count). The number of carbonyl (C=O) groups excluding carboxylic acids is 2. The largest absolute Gasteiger partial charge is 0.507 e. The van der Waals surface area contributed by atoms with Gasteiger partial charge in [-0.2, -0.15) is 0 Å². The van der Waals surface area contributed by atoms with Gasteiger partial charge < -0.3 is 33.7 Å². The lowest BCUT2D eigenvalue weighted by Crippen LogP contribution is -2.42. The minimum absolute atomic E-state index is 0.0189. The summed E-state index contributed by atoms with van der Waals surface area (Å²) in [6.45, 7) is 7.11. The molecular weight excluding hydrogens is 516 g/mol. The zero-order valence-corrected chi connectivity index (χ0v) is 23.0. The van der Waals surface area contributed by atoms with Gasteiger partial charge in [0.05, 0.1) is 38.5 Å². The summed E-state index contributed by atoms with van der Waals surface area (Å²) < 4.78 is 28.2. The summed E-state index contributed by atoms with van der Waals surface area (Å²) >= 11 is 0. The van der Waals surface area contributed by atoms with Crippen LogP contribution in [0.15, 0.2) is 42.0 Å². The molecule has 2 saturated heterocycles. The average Bonchev–Trinajstić information content (AvgIpc) is 3.25. The highest BCUT2D eigenvalue weighted by Gasteiger charge is 2.46. The molecule has 3 heterocycles. The van der Waals surface area contributed by atoms with Gasteiger partial charge in [-0.1, -0.05) is 19.4 Å². The van der Waals surface area contributed by atoms with Crippen LogP contribution in [0.1, 0.15) is 36.9 Å². The Balaban J connectivity index is 1.54. The quantitative estimate of drug-likeness (QED) is 0.205. The van der Waals surface area contributed by atoms with Gasteiger partial charge in [0.15, 0.2) is 23.0 Å². The fourth-order valence-corrected chi connectivity index (χ4v) is 5.18. The Labute approximate surface area is 234 Å². The first-order valence-corrected chi connectivity index (χ1v) is 13.8. The number of aliphatic hydroxyl groups excluding tert-OH is 1. The van der Waals surface area contributed by atoms with E-state index in [4.69, 9.17) is 23.7 Å². The molecule has 214 valence electrons. The molecule has 0 unspecified atom stereocenters. The van der Waals surface area contributed by atoms with Crippen LogP contribution >= 0.6 is 0 Å². The zero-order chi connectivity index (χ0) is 28.1. The van der Waals surface area contributed by atoms with Crippen LogP contribution < -0.4 is 18.9 Å². The van der Waals surface area contributed by atoms with E-state index in [0.29, 0.717) is 80.2 Å². The number of carbonyl (C=O) groups is 2. The van der Waals surface area contributed by atoms with E-state index in [1.165, 1.54) is 4.90 Å². The Morgan fingerprint density at radius 1 is 0.975 bits per heavy atom. The lowest BCUT2D eigenvalue weighted by atomic mass is 9.94. The Hall–Kier alpha value is -3.76. The number of benzene rings is 2. The van der Waals surface area contributed by atoms with Crippen molar-refractivity contribution in [2.24, 2.45) is 0 Å². The maximum absolute atomic E-state index is 13.5. The van der Waals surface area contributed by atoms with Crippen LogP contribution in [0, 0.1) is 0 Å². The monoisotopic (exact) mass is 552 g/mol. The molecule has 1 N–H and O–H groups in total. The predicted molar refractivity (Wildman–Crippen MR) is 147 cm³/mol. The van der Waals surface area contributed by atoms with Crippen molar-refractivity contribution in [3.63, 3.8) is 0 Å². The van der Waals surface area contributed by atoms with E-state index < -0.39 is 17.7 Å². The molecule has 40 heavy (non-hydrogen) atoms. The number of fused-ring (bicyclic) bond motifs is 1. The Bertz CT molecular complexity index is 1270. The number of likely N-dealkylation sites (tertiary alicyclic amines) is 1. The fourth-order valence-electron chi connectivity index (χ4n) is 5.18. The van der Waals surface area contributed by atoms with Gasteiger partial charge >= 0.3 is 0 Å². The molecule has 0 saturated carbocycles. The molecule has 0 spiro atoms. The summed E-state index contributed by atoms with van der Waals surface area (Å²) in [5, 5.41) is 11.5. The van der Waals surface area contributed by atoms with Gasteiger partial charge in [0.2, 0.25) is 0 Å². The zero-order valence-electron chi connectivity index (χ0n) is 23.0. The molecule has 2 aromatic rings. The first kappa shape index (κ1) is 27.8. The SMILES string of the molecule is CCCCOc1ccc([C@H]2C(=C(O)c3ccc4c(c3)OCCO4)C(=O)C(=O)N2CCN2CCOCC2)cc1OC. The molecule has 0 radical (unpaired) electrons. The van der Waals surface area contributed by atoms with E-state index in [9.17, 15) is 14.7 Å². The highest BCUT2D eigenvalue weighted by Crippen LogP contribution is 2.43. The third-order valence-electron chi connectivity index (χ3n) is 7.38. The molecule has 3 aliphatic rings. The number of Topliss-reactive ketones (excluding diaryl/α,β-unsaturated/α-hetero) is 1. The highest BCUT2D eigenvalue weighted by molar-refractivity contribution is 6.46. The lowest BCUT2D eigenvalue weighted by Gasteiger charge is -2.31. The maximum Gasteiger partial charge on any atom is 0.295 e. The number of ketones is 1. The lowest BCUT2D eigenvalue weighted by molar-refractivity contribution is -0.140. The summed E-state index contributed by atoms with van der Waals surface area (Å²) in [7, 11) is 1.55. The van der Waals surface area contributed by atoms with E-state index in [1.807, 2.05) is 6.07 Å². The van der Waals surface area contributed by atoms with Crippen LogP contribution in [0.2, 0.25) is 0 Å². The predicted octanol–water partition coefficient (Wildman–Crippen LogP) is 3.40. The Morgan fingerprint density at radius 3 is 2.50 bits per heavy atom. The van der Waals surface area contributed by atoms with Crippen LogP contribution in [-0.2, 0) is 14.3 Å². The number of ether oxygens (including phenoxy) is 5. The molecule has 10 nitrogen and oxygen atoms in total. The van der Waals surface area contributed by atoms with Crippen molar-refractivity contribution < 1.29 is 38.4 Å². The number of morpholine rings is 1. The van der Waals surface area contributed by atoms with E-state index in [0.717, 1.165) is 25.9 Å². The van der Waals surface area contributed by atoms with Crippen molar-refractivity contribution in [3.05, 3.63) is 53.1 Å². The summed E-state index contributed by atoms with van der Waals surface area (Å²) in [5.74, 6) is 0.457. The van der Waals surface area contributed by atoms with Crippen LogP contribution in [0.5, 0.6) is 23.0 Å². The van der Waals surface area contributed by atoms with Crippen molar-refractivity contribution in [2.75, 3.05) is 66.3 Å². The molecule has 2 aromatic carbocycles. The maximum atomic E-state index is 13.5. The average molecular weight is 553 g/mol. The minimum Gasteiger partial charge on any atom is -0.507 e. The van der Waals surface area contributed by atoms with Gasteiger partial charge in [0.1, 0.15) is 19.0 Å². The number of rotatable bonds is 10. The summed E-state index contributed by atoms with van der Waals surface area (Å²) in [5.41, 5.74) is 1.03. The first-order valence-electron chi connectivity index (χ1n) is 13.8. The molecule has 0 aromatic heterocycles. The van der Waals surface area contributed by atoms with Gasteiger partial charge in [0.25, 0.3) is 11.7 Å². The normalized spacial score (nSPS) is 20.6. The van der Waals surface area contributed by atoms with Gasteiger partial charge in [0, 0.05) is 31.7 Å². The van der Waals surface area contributed by atoms with Crippen molar-refractivity contribution in [1.82, 2.24) is 9.80 Å². The van der Waals surface area contributed by atoms with Crippen LogP contribution in [0.4, 0.5) is 0 Å². The molecule has 1 atom stereocenters. The summed E-state index contributed by atoms with van der Waals surface area (Å²) in [6, 6.07) is 9.55. The number of methoxy groups -OCH3 is 1. The second-order valence-corrected chi connectivity index (χ2v) is 9.92. The molecular formula is C30H36N2O8. The van der Waals surface area contributed by atoms with Crippen molar-refractivity contribution in [2.45, 2.75) is 25.8 Å². The van der Waals surface area contributed by atoms with Crippen molar-refractivity contribution >= 4 is 17.4 Å². The second kappa shape index (κ2) is 12.6. The number of aliphatic hydroxyl groups is 1. The molecule has 3 aliphatic heterocycles. The number of hydrogen-bond acceptors (Lipinski definition) is 9. The molecule has 0 aliphatic carbocycles. The molecule has 2 fully saturated rings. The smallest absolute Gasteiger partial charge is 0.295 e. The number of amides is 1. The second-order valence-electron chi connectivity index (χ2n) is 9.92. The summed E-state index contributed by atoms with van der Waals surface area (Å²) in [4.78, 5) is 30.7. The first-order chi connectivity index (χ1) is 19.5. The highest BCUT2D eigenvalue weighted by atomic mass is 16.6. The van der Waals surface area contributed by atoms with E-state index in [1.54, 1.807) is 37.4 Å². The van der Waals surface area contributed by atoms with Crippen LogP contribution in [0.3, 0.4) is 0 Å². The van der Waals surface area contributed by atoms with E-state index >= 15 is 0 Å². The van der Waals surface area contributed by atoms with Crippen LogP contribution in [-0.4, -0.2) is 92.9 Å². The standard InChI is InChI=1S/C30H36N2O8/c1-3-4-13-38-22-7-5-20(18-24(22)36-2)27-26(28(33)21-6-8-23-25(19-21)40-17-16-39-23)29(34)30(35)32(27)10-9-31-11-14-37-15-12-31/h5-8,18-19,27,33H,3-4,9-17H2,1-2H3/t27-/m0/s1. The fraction of sp³-hybridized carbons (Fsp3) is 0.467. The Morgan fingerprint density at radius 2 is 1.75 bits per heavy atom. The van der Waals surface area contributed by atoms with Gasteiger partial charge in [-0.25, -0.2) is 0 Å². The molecule has 1 amide bonds. The van der Waals surface area contributed by atoms with E-state index in [2.05, 4.69) is 11.8 Å².